The van der Waals surface area contributed by atoms with Gasteiger partial charge in [-0.25, -0.2) is 9.78 Å². The van der Waals surface area contributed by atoms with Crippen LogP contribution >= 0.6 is 11.3 Å². The molecule has 1 aromatic carbocycles. The molecule has 152 valence electrons. The highest BCUT2D eigenvalue weighted by Crippen LogP contribution is 2.22. The smallest absolute Gasteiger partial charge is 0.339 e. The maximum absolute atomic E-state index is 12.9. The lowest BCUT2D eigenvalue weighted by Crippen LogP contribution is -2.28. The second kappa shape index (κ2) is 9.47. The summed E-state index contributed by atoms with van der Waals surface area (Å²) in [6, 6.07) is 7.52. The molecule has 0 saturated heterocycles. The summed E-state index contributed by atoms with van der Waals surface area (Å²) in [5.74, 6) is -0.876. The van der Waals surface area contributed by atoms with Crippen LogP contribution in [-0.2, 0) is 22.5 Å². The summed E-state index contributed by atoms with van der Waals surface area (Å²) in [6.45, 7) is 4.12. The lowest BCUT2D eigenvalue weighted by Gasteiger charge is -2.10. The number of unbranched alkanes of at least 4 members (excludes halogenated alkanes) is 1. The number of amides is 1. The van der Waals surface area contributed by atoms with E-state index in [0.717, 1.165) is 30.5 Å². The minimum Gasteiger partial charge on any atom is -0.462 e. The predicted molar refractivity (Wildman–Crippen MR) is 114 cm³/mol. The van der Waals surface area contributed by atoms with Crippen molar-refractivity contribution in [2.45, 2.75) is 39.7 Å². The predicted octanol–water partition coefficient (Wildman–Crippen LogP) is 3.62. The molecule has 0 saturated carbocycles. The second-order valence-corrected chi connectivity index (χ2v) is 7.41. The lowest BCUT2D eigenvalue weighted by atomic mass is 10.1. The molecule has 1 amide bonds. The van der Waals surface area contributed by atoms with Crippen LogP contribution in [0.1, 0.15) is 42.6 Å². The van der Waals surface area contributed by atoms with E-state index in [4.69, 9.17) is 4.74 Å². The van der Waals surface area contributed by atoms with E-state index in [1.807, 2.05) is 38.1 Å². The average molecular weight is 413 g/mol. The monoisotopic (exact) mass is 413 g/mol. The van der Waals surface area contributed by atoms with Crippen LogP contribution < -0.4 is 10.9 Å². The molecule has 29 heavy (non-hydrogen) atoms. The Morgan fingerprint density at radius 1 is 1.24 bits per heavy atom. The van der Waals surface area contributed by atoms with Crippen LogP contribution in [0.3, 0.4) is 0 Å². The molecule has 8 heteroatoms. The van der Waals surface area contributed by atoms with Crippen LogP contribution in [0.4, 0.5) is 5.69 Å². The normalized spacial score (nSPS) is 10.8. The number of esters is 1. The third-order valence-electron chi connectivity index (χ3n) is 4.50. The maximum atomic E-state index is 12.9. The minimum absolute atomic E-state index is 0.194. The Bertz CT molecular complexity index is 1090. The summed E-state index contributed by atoms with van der Waals surface area (Å²) < 4.78 is 6.44. The molecule has 3 aromatic rings. The van der Waals surface area contributed by atoms with Crippen LogP contribution in [0.15, 0.2) is 40.8 Å². The first kappa shape index (κ1) is 20.7. The number of benzene rings is 1. The molecule has 0 atom stereocenters. The largest absolute Gasteiger partial charge is 0.462 e. The highest BCUT2D eigenvalue weighted by atomic mass is 32.1. The number of nitrogens with one attached hydrogen (secondary N) is 1. The van der Waals surface area contributed by atoms with E-state index in [0.29, 0.717) is 11.4 Å². The Labute approximate surface area is 172 Å². The first-order valence-electron chi connectivity index (χ1n) is 9.56. The molecule has 1 N–H and O–H groups in total. The number of anilines is 1. The van der Waals surface area contributed by atoms with Crippen molar-refractivity contribution in [1.29, 1.82) is 0 Å². The van der Waals surface area contributed by atoms with Gasteiger partial charge in [0.15, 0.2) is 0 Å². The molecule has 0 aliphatic heterocycles. The van der Waals surface area contributed by atoms with E-state index in [2.05, 4.69) is 10.3 Å². The van der Waals surface area contributed by atoms with Crippen LogP contribution in [-0.4, -0.2) is 28.0 Å². The Hall–Kier alpha value is -3.00. The van der Waals surface area contributed by atoms with Crippen LogP contribution in [0.2, 0.25) is 0 Å². The van der Waals surface area contributed by atoms with Crippen molar-refractivity contribution in [3.63, 3.8) is 0 Å². The van der Waals surface area contributed by atoms with Crippen LogP contribution in [0.5, 0.6) is 0 Å². The van der Waals surface area contributed by atoms with Gasteiger partial charge in [0.25, 0.3) is 5.56 Å². The fourth-order valence-electron chi connectivity index (χ4n) is 2.91. The van der Waals surface area contributed by atoms with Gasteiger partial charge < -0.3 is 10.1 Å². The Morgan fingerprint density at radius 3 is 2.79 bits per heavy atom. The number of aryl methyl sites for hydroxylation is 1. The number of hydrogen-bond acceptors (Lipinski definition) is 6. The van der Waals surface area contributed by atoms with E-state index >= 15 is 0 Å². The zero-order chi connectivity index (χ0) is 20.8. The maximum Gasteiger partial charge on any atom is 0.339 e. The zero-order valence-electron chi connectivity index (χ0n) is 16.4. The Balaban J connectivity index is 1.82. The van der Waals surface area contributed by atoms with Crippen molar-refractivity contribution < 1.29 is 14.3 Å². The lowest BCUT2D eigenvalue weighted by molar-refractivity contribution is -0.116. The summed E-state index contributed by atoms with van der Waals surface area (Å²) in [5.41, 5.74) is 1.50. The highest BCUT2D eigenvalue weighted by Gasteiger charge is 2.19. The molecule has 2 heterocycles. The number of aromatic nitrogens is 2. The summed E-state index contributed by atoms with van der Waals surface area (Å²) in [4.78, 5) is 42.4. The zero-order valence-corrected chi connectivity index (χ0v) is 17.3. The van der Waals surface area contributed by atoms with Gasteiger partial charge in [-0.05, 0) is 24.5 Å². The topological polar surface area (TPSA) is 90.3 Å². The summed E-state index contributed by atoms with van der Waals surface area (Å²) >= 11 is 1.20. The molecule has 0 spiro atoms. The van der Waals surface area contributed by atoms with E-state index in [1.165, 1.54) is 22.2 Å². The highest BCUT2D eigenvalue weighted by molar-refractivity contribution is 7.17. The van der Waals surface area contributed by atoms with Crippen LogP contribution in [0, 0.1) is 0 Å². The van der Waals surface area contributed by atoms with Gasteiger partial charge >= 0.3 is 5.97 Å². The second-order valence-electron chi connectivity index (χ2n) is 6.56. The average Bonchev–Trinajstić information content (AvgIpc) is 3.15. The van der Waals surface area contributed by atoms with Crippen molar-refractivity contribution in [1.82, 2.24) is 9.55 Å². The number of ether oxygens (including phenoxy) is 1. The fourth-order valence-corrected chi connectivity index (χ4v) is 3.78. The Kier molecular flexibility index (Phi) is 6.77. The molecule has 2 aromatic heterocycles. The first-order chi connectivity index (χ1) is 14.0. The molecule has 0 aliphatic rings. The Morgan fingerprint density at radius 2 is 2.03 bits per heavy atom. The van der Waals surface area contributed by atoms with E-state index in [-0.39, 0.29) is 23.4 Å². The molecular formula is C21H23N3O4S. The van der Waals surface area contributed by atoms with Gasteiger partial charge in [-0.1, -0.05) is 38.5 Å². The summed E-state index contributed by atoms with van der Waals surface area (Å²) in [7, 11) is 0. The molecular weight excluding hydrogens is 390 g/mol. The number of nitrogens with zero attached hydrogens (tertiary/aromatic N) is 2. The first-order valence-corrected chi connectivity index (χ1v) is 10.4. The van der Waals surface area contributed by atoms with Crippen molar-refractivity contribution in [2.75, 3.05) is 11.9 Å². The molecule has 0 bridgehead atoms. The molecule has 0 fully saturated rings. The minimum atomic E-state index is -0.539. The van der Waals surface area contributed by atoms with Gasteiger partial charge in [0.2, 0.25) is 5.91 Å². The fraction of sp³-hybridized carbons (Fsp3) is 0.333. The van der Waals surface area contributed by atoms with Gasteiger partial charge in [0.1, 0.15) is 11.4 Å². The summed E-state index contributed by atoms with van der Waals surface area (Å²) in [5, 5.41) is 4.61. The number of carbonyl (C=O) groups is 2. The van der Waals surface area contributed by atoms with Crippen molar-refractivity contribution in [3.05, 3.63) is 57.5 Å². The number of rotatable bonds is 8. The van der Waals surface area contributed by atoms with Gasteiger partial charge in [0.05, 0.1) is 23.9 Å². The van der Waals surface area contributed by atoms with E-state index in [9.17, 15) is 14.4 Å². The number of fused-ring (bicyclic) bond motifs is 1. The van der Waals surface area contributed by atoms with Gasteiger partial charge in [0, 0.05) is 11.1 Å². The van der Waals surface area contributed by atoms with Gasteiger partial charge in [-0.2, -0.15) is 0 Å². The SMILES string of the molecule is CCCCOC(=O)c1csc2ncn(CC(=O)Nc3ccccc3CC)c(=O)c12. The molecule has 0 aliphatic carbocycles. The standard InChI is InChI=1S/C21H23N3O4S/c1-3-5-10-28-21(27)15-12-29-19-18(15)20(26)24(13-22-19)11-17(25)23-16-9-7-6-8-14(16)4-2/h6-9,12-13H,3-5,10-11H2,1-2H3,(H,23,25). The van der Waals surface area contributed by atoms with Gasteiger partial charge in [-0.15, -0.1) is 11.3 Å². The van der Waals surface area contributed by atoms with Crippen molar-refractivity contribution in [2.24, 2.45) is 0 Å². The van der Waals surface area contributed by atoms with Crippen molar-refractivity contribution >= 4 is 39.1 Å². The number of thiophene rings is 1. The number of hydrogen-bond donors (Lipinski definition) is 1. The molecule has 0 radical (unpaired) electrons. The summed E-state index contributed by atoms with van der Waals surface area (Å²) in [6.07, 6.45) is 3.78. The molecule has 3 rings (SSSR count). The van der Waals surface area contributed by atoms with Crippen LogP contribution in [0.25, 0.3) is 10.2 Å². The third kappa shape index (κ3) is 4.71. The van der Waals surface area contributed by atoms with E-state index < -0.39 is 11.5 Å². The third-order valence-corrected chi connectivity index (χ3v) is 5.38. The van der Waals surface area contributed by atoms with Crippen molar-refractivity contribution in [3.8, 4) is 0 Å². The van der Waals surface area contributed by atoms with E-state index in [1.54, 1.807) is 5.38 Å². The number of para-hydroxylation sites is 1. The molecule has 7 nitrogen and oxygen atoms in total. The molecule has 0 unspecified atom stereocenters. The number of carbonyl (C=O) groups excluding carboxylic acids is 2. The van der Waals surface area contributed by atoms with Gasteiger partial charge in [-0.3, -0.25) is 14.2 Å². The quantitative estimate of drug-likeness (QED) is 0.450.